The quantitative estimate of drug-likeness (QED) is 0.871. The first-order chi connectivity index (χ1) is 9.67. The summed E-state index contributed by atoms with van der Waals surface area (Å²) in [6.45, 7) is 3.87. The van der Waals surface area contributed by atoms with Crippen molar-refractivity contribution in [1.82, 2.24) is 4.98 Å². The molecule has 1 aromatic heterocycles. The molecule has 0 amide bonds. The maximum atomic E-state index is 9.22. The van der Waals surface area contributed by atoms with E-state index in [9.17, 15) is 5.11 Å². The van der Waals surface area contributed by atoms with E-state index in [4.69, 9.17) is 23.2 Å². The zero-order valence-corrected chi connectivity index (χ0v) is 13.2. The third-order valence-electron chi connectivity index (χ3n) is 3.62. The molecule has 2 heterocycles. The van der Waals surface area contributed by atoms with Gasteiger partial charge in [-0.2, -0.15) is 0 Å². The molecule has 1 aliphatic heterocycles. The maximum Gasteiger partial charge on any atom is 0.150 e. The maximum absolute atomic E-state index is 9.22. The van der Waals surface area contributed by atoms with Crippen molar-refractivity contribution in [2.75, 3.05) is 29.9 Å². The number of anilines is 2. The van der Waals surface area contributed by atoms with E-state index in [1.165, 1.54) is 6.42 Å². The highest BCUT2D eigenvalue weighted by atomic mass is 35.5. The molecule has 1 fully saturated rings. The lowest BCUT2D eigenvalue weighted by atomic mass is 9.99. The van der Waals surface area contributed by atoms with Crippen molar-refractivity contribution in [2.24, 2.45) is 0 Å². The van der Waals surface area contributed by atoms with Crippen LogP contribution in [0.15, 0.2) is 6.07 Å². The lowest BCUT2D eigenvalue weighted by Gasteiger charge is -2.37. The summed E-state index contributed by atoms with van der Waals surface area (Å²) in [7, 11) is 0. The standard InChI is InChI=1S/C14H21Cl2N3O/c1-2-17-13-11(15)9-12(16)14(18-13)19-7-4-3-5-10(19)6-8-20/h9-10,20H,2-8H2,1H3,(H,17,18). The first kappa shape index (κ1) is 15.7. The Kier molecular flexibility index (Phi) is 5.75. The third kappa shape index (κ3) is 3.48. The lowest BCUT2D eigenvalue weighted by molar-refractivity contribution is 0.262. The van der Waals surface area contributed by atoms with Gasteiger partial charge in [-0.25, -0.2) is 4.98 Å². The molecule has 2 rings (SSSR count). The molecule has 0 aromatic carbocycles. The number of aromatic nitrogens is 1. The molecule has 0 bridgehead atoms. The number of nitrogens with one attached hydrogen (secondary N) is 1. The van der Waals surface area contributed by atoms with E-state index in [1.54, 1.807) is 6.07 Å². The molecule has 0 radical (unpaired) electrons. The van der Waals surface area contributed by atoms with Crippen molar-refractivity contribution in [3.63, 3.8) is 0 Å². The number of aliphatic hydroxyl groups is 1. The van der Waals surface area contributed by atoms with Crippen LogP contribution in [-0.4, -0.2) is 35.8 Å². The number of rotatable bonds is 5. The average Bonchev–Trinajstić information content (AvgIpc) is 2.43. The highest BCUT2D eigenvalue weighted by Gasteiger charge is 2.25. The molecule has 2 N–H and O–H groups in total. The second-order valence-corrected chi connectivity index (χ2v) is 5.82. The van der Waals surface area contributed by atoms with Crippen LogP contribution in [0.4, 0.5) is 11.6 Å². The summed E-state index contributed by atoms with van der Waals surface area (Å²) in [5.74, 6) is 1.44. The van der Waals surface area contributed by atoms with Crippen LogP contribution in [0.1, 0.15) is 32.6 Å². The summed E-state index contributed by atoms with van der Waals surface area (Å²) in [5, 5.41) is 13.5. The summed E-state index contributed by atoms with van der Waals surface area (Å²) in [5.41, 5.74) is 0. The number of halogens is 2. The van der Waals surface area contributed by atoms with Gasteiger partial charge >= 0.3 is 0 Å². The minimum Gasteiger partial charge on any atom is -0.396 e. The van der Waals surface area contributed by atoms with Gasteiger partial charge < -0.3 is 15.3 Å². The Morgan fingerprint density at radius 1 is 1.40 bits per heavy atom. The predicted molar refractivity (Wildman–Crippen MR) is 85.1 cm³/mol. The average molecular weight is 318 g/mol. The van der Waals surface area contributed by atoms with Crippen molar-refractivity contribution < 1.29 is 5.11 Å². The minimum absolute atomic E-state index is 0.187. The molecular formula is C14H21Cl2N3O. The Morgan fingerprint density at radius 2 is 2.20 bits per heavy atom. The van der Waals surface area contributed by atoms with Crippen LogP contribution >= 0.6 is 23.2 Å². The topological polar surface area (TPSA) is 48.4 Å². The molecule has 1 aliphatic rings. The van der Waals surface area contributed by atoms with Crippen LogP contribution in [0.5, 0.6) is 0 Å². The van der Waals surface area contributed by atoms with Gasteiger partial charge in [-0.05, 0) is 38.7 Å². The van der Waals surface area contributed by atoms with Gasteiger partial charge in [-0.3, -0.25) is 0 Å². The van der Waals surface area contributed by atoms with Crippen LogP contribution < -0.4 is 10.2 Å². The van der Waals surface area contributed by atoms with Gasteiger partial charge in [0.05, 0.1) is 10.0 Å². The number of hydrogen-bond donors (Lipinski definition) is 2. The summed E-state index contributed by atoms with van der Waals surface area (Å²) >= 11 is 12.5. The fourth-order valence-corrected chi connectivity index (χ4v) is 3.21. The first-order valence-corrected chi connectivity index (χ1v) is 7.90. The van der Waals surface area contributed by atoms with E-state index in [2.05, 4.69) is 15.2 Å². The Hall–Kier alpha value is -0.710. The van der Waals surface area contributed by atoms with Crippen molar-refractivity contribution in [2.45, 2.75) is 38.6 Å². The number of piperidine rings is 1. The second kappa shape index (κ2) is 7.34. The second-order valence-electron chi connectivity index (χ2n) is 5.01. The van der Waals surface area contributed by atoms with Gasteiger partial charge in [-0.15, -0.1) is 0 Å². The third-order valence-corrected chi connectivity index (χ3v) is 4.18. The highest BCUT2D eigenvalue weighted by Crippen LogP contribution is 2.35. The SMILES string of the molecule is CCNc1nc(N2CCCCC2CCO)c(Cl)cc1Cl. The lowest BCUT2D eigenvalue weighted by Crippen LogP contribution is -2.41. The smallest absolute Gasteiger partial charge is 0.150 e. The molecule has 1 aromatic rings. The van der Waals surface area contributed by atoms with Crippen LogP contribution in [0.25, 0.3) is 0 Å². The number of hydrogen-bond acceptors (Lipinski definition) is 4. The summed E-state index contributed by atoms with van der Waals surface area (Å²) in [6.07, 6.45) is 4.13. The van der Waals surface area contributed by atoms with E-state index >= 15 is 0 Å². The number of nitrogens with zero attached hydrogens (tertiary/aromatic N) is 2. The fourth-order valence-electron chi connectivity index (χ4n) is 2.68. The van der Waals surface area contributed by atoms with Crippen molar-refractivity contribution >= 4 is 34.8 Å². The summed E-state index contributed by atoms with van der Waals surface area (Å²) < 4.78 is 0. The predicted octanol–water partition coefficient (Wildman–Crippen LogP) is 3.56. The van der Waals surface area contributed by atoms with Crippen LogP contribution in [0.3, 0.4) is 0 Å². The monoisotopic (exact) mass is 317 g/mol. The van der Waals surface area contributed by atoms with Crippen LogP contribution in [0.2, 0.25) is 10.0 Å². The molecule has 4 nitrogen and oxygen atoms in total. The van der Waals surface area contributed by atoms with E-state index in [-0.39, 0.29) is 6.61 Å². The Morgan fingerprint density at radius 3 is 2.90 bits per heavy atom. The molecular weight excluding hydrogens is 297 g/mol. The van der Waals surface area contributed by atoms with Crippen molar-refractivity contribution in [3.05, 3.63) is 16.1 Å². The van der Waals surface area contributed by atoms with E-state index < -0.39 is 0 Å². The molecule has 1 atom stereocenters. The normalized spacial score (nSPS) is 19.2. The number of pyridine rings is 1. The zero-order chi connectivity index (χ0) is 14.5. The van der Waals surface area contributed by atoms with Gasteiger partial charge in [0, 0.05) is 25.7 Å². The Labute approximate surface area is 130 Å². The summed E-state index contributed by atoms with van der Waals surface area (Å²) in [6, 6.07) is 2.04. The van der Waals surface area contributed by atoms with Gasteiger partial charge in [0.2, 0.25) is 0 Å². The van der Waals surface area contributed by atoms with Crippen LogP contribution in [0, 0.1) is 0 Å². The Balaban J connectivity index is 2.31. The van der Waals surface area contributed by atoms with Gasteiger partial charge in [0.15, 0.2) is 0 Å². The van der Waals surface area contributed by atoms with Gasteiger partial charge in [0.1, 0.15) is 11.6 Å². The first-order valence-electron chi connectivity index (χ1n) is 7.14. The van der Waals surface area contributed by atoms with Crippen molar-refractivity contribution in [3.8, 4) is 0 Å². The molecule has 0 saturated carbocycles. The summed E-state index contributed by atoms with van der Waals surface area (Å²) in [4.78, 5) is 6.79. The highest BCUT2D eigenvalue weighted by molar-refractivity contribution is 6.37. The number of aliphatic hydroxyl groups excluding tert-OH is 1. The molecule has 0 spiro atoms. The van der Waals surface area contributed by atoms with E-state index in [1.807, 2.05) is 6.92 Å². The zero-order valence-electron chi connectivity index (χ0n) is 11.7. The molecule has 0 aliphatic carbocycles. The molecule has 20 heavy (non-hydrogen) atoms. The van der Waals surface area contributed by atoms with Crippen LogP contribution in [-0.2, 0) is 0 Å². The Bertz CT molecular complexity index is 454. The van der Waals surface area contributed by atoms with E-state index in [0.717, 1.165) is 38.2 Å². The molecule has 1 unspecified atom stereocenters. The minimum atomic E-state index is 0.187. The van der Waals surface area contributed by atoms with E-state index in [0.29, 0.717) is 21.9 Å². The fraction of sp³-hybridized carbons (Fsp3) is 0.643. The molecule has 6 heteroatoms. The van der Waals surface area contributed by atoms with Gasteiger partial charge in [0.25, 0.3) is 0 Å². The molecule has 112 valence electrons. The largest absolute Gasteiger partial charge is 0.396 e. The molecule has 1 saturated heterocycles. The van der Waals surface area contributed by atoms with Gasteiger partial charge in [-0.1, -0.05) is 23.2 Å². The van der Waals surface area contributed by atoms with Crippen molar-refractivity contribution in [1.29, 1.82) is 0 Å².